The van der Waals surface area contributed by atoms with Crippen LogP contribution in [0.25, 0.3) is 0 Å². The molecule has 0 saturated heterocycles. The Morgan fingerprint density at radius 2 is 1.65 bits per heavy atom. The molecule has 1 unspecified atom stereocenters. The van der Waals surface area contributed by atoms with Crippen molar-refractivity contribution in [2.45, 2.75) is 64.8 Å². The molecule has 5 rings (SSSR count). The van der Waals surface area contributed by atoms with Crippen LogP contribution in [0.4, 0.5) is 5.69 Å². The molecule has 3 nitrogen and oxygen atoms in total. The third-order valence-electron chi connectivity index (χ3n) is 7.09. The molecule has 26 heavy (non-hydrogen) atoms. The first-order valence-electron chi connectivity index (χ1n) is 10.2. The second kappa shape index (κ2) is 6.95. The molecular weight excluding hydrogens is 340 g/mol. The molecule has 1 aromatic carbocycles. The average Bonchev–Trinajstić information content (AvgIpc) is 2.59. The molecule has 4 aliphatic rings. The summed E-state index contributed by atoms with van der Waals surface area (Å²) < 4.78 is 0. The zero-order valence-electron chi connectivity index (χ0n) is 15.9. The van der Waals surface area contributed by atoms with E-state index in [9.17, 15) is 4.79 Å². The van der Waals surface area contributed by atoms with E-state index in [2.05, 4.69) is 17.6 Å². The molecule has 0 spiro atoms. The van der Waals surface area contributed by atoms with E-state index in [0.717, 1.165) is 35.4 Å². The van der Waals surface area contributed by atoms with Crippen LogP contribution in [-0.4, -0.2) is 16.9 Å². The van der Waals surface area contributed by atoms with Gasteiger partial charge in [0.05, 0.1) is 0 Å². The van der Waals surface area contributed by atoms with E-state index in [1.807, 2.05) is 24.3 Å². The third kappa shape index (κ3) is 3.40. The van der Waals surface area contributed by atoms with Crippen molar-refractivity contribution in [3.05, 3.63) is 29.8 Å². The van der Waals surface area contributed by atoms with Crippen molar-refractivity contribution in [3.8, 4) is 0 Å². The van der Waals surface area contributed by atoms with Crippen molar-refractivity contribution in [1.82, 2.24) is 5.32 Å². The fourth-order valence-corrected chi connectivity index (χ4v) is 6.67. The monoisotopic (exact) mass is 370 g/mol. The Bertz CT molecular complexity index is 661. The smallest absolute Gasteiger partial charge is 0.171 e. The number of nitrogens with one attached hydrogen (secondary N) is 2. The van der Waals surface area contributed by atoms with Gasteiger partial charge in [-0.3, -0.25) is 4.79 Å². The van der Waals surface area contributed by atoms with E-state index >= 15 is 0 Å². The number of benzene rings is 1. The molecule has 4 saturated carbocycles. The van der Waals surface area contributed by atoms with Gasteiger partial charge in [-0.25, -0.2) is 0 Å². The van der Waals surface area contributed by atoms with Crippen LogP contribution in [0.3, 0.4) is 0 Å². The molecule has 4 fully saturated rings. The zero-order chi connectivity index (χ0) is 18.3. The molecule has 4 bridgehead atoms. The highest BCUT2D eigenvalue weighted by molar-refractivity contribution is 7.80. The fourth-order valence-electron chi connectivity index (χ4n) is 6.41. The Hall–Kier alpha value is -1.42. The van der Waals surface area contributed by atoms with E-state index in [1.54, 1.807) is 6.92 Å². The van der Waals surface area contributed by atoms with Crippen LogP contribution in [0, 0.1) is 23.2 Å². The summed E-state index contributed by atoms with van der Waals surface area (Å²) in [6.45, 7) is 3.88. The minimum Gasteiger partial charge on any atom is -0.359 e. The van der Waals surface area contributed by atoms with E-state index < -0.39 is 0 Å². The molecule has 1 aromatic rings. The van der Waals surface area contributed by atoms with Crippen LogP contribution in [-0.2, 0) is 0 Å². The van der Waals surface area contributed by atoms with E-state index in [4.69, 9.17) is 12.2 Å². The van der Waals surface area contributed by atoms with Crippen molar-refractivity contribution in [3.63, 3.8) is 0 Å². The Morgan fingerprint density at radius 3 is 2.12 bits per heavy atom. The summed E-state index contributed by atoms with van der Waals surface area (Å²) in [6.07, 6.45) is 9.71. The fraction of sp³-hybridized carbons (Fsp3) is 0.636. The number of thiocarbonyl (C=S) groups is 1. The Kier molecular flexibility index (Phi) is 4.81. The molecule has 0 heterocycles. The predicted molar refractivity (Wildman–Crippen MR) is 110 cm³/mol. The van der Waals surface area contributed by atoms with Gasteiger partial charge in [0.25, 0.3) is 0 Å². The Labute approximate surface area is 162 Å². The first kappa shape index (κ1) is 18.0. The second-order valence-electron chi connectivity index (χ2n) is 8.97. The maximum absolute atomic E-state index is 11.4. The van der Waals surface area contributed by atoms with E-state index in [0.29, 0.717) is 16.6 Å². The van der Waals surface area contributed by atoms with Crippen LogP contribution in [0.1, 0.15) is 69.2 Å². The molecule has 0 aliphatic heterocycles. The first-order chi connectivity index (χ1) is 12.5. The van der Waals surface area contributed by atoms with Crippen LogP contribution >= 0.6 is 12.2 Å². The van der Waals surface area contributed by atoms with Gasteiger partial charge in [0.1, 0.15) is 0 Å². The van der Waals surface area contributed by atoms with Crippen molar-refractivity contribution < 1.29 is 4.79 Å². The lowest BCUT2D eigenvalue weighted by Crippen LogP contribution is -2.57. The predicted octanol–water partition coefficient (Wildman–Crippen LogP) is 5.17. The van der Waals surface area contributed by atoms with Crippen LogP contribution in [0.2, 0.25) is 0 Å². The minimum atomic E-state index is 0.0881. The normalized spacial score (nSPS) is 32.9. The van der Waals surface area contributed by atoms with Crippen LogP contribution in [0.5, 0.6) is 0 Å². The highest BCUT2D eigenvalue weighted by Crippen LogP contribution is 2.61. The highest BCUT2D eigenvalue weighted by atomic mass is 32.1. The molecule has 0 amide bonds. The standard InChI is InChI=1S/C22H30N2OS/c1-3-20(22-11-15-8-16(12-22)10-17(9-15)13-22)24-21(26)23-19-6-4-18(5-7-19)14(2)25/h4-7,15-17,20H,3,8-13H2,1-2H3,(H2,23,24,26). The summed E-state index contributed by atoms with van der Waals surface area (Å²) >= 11 is 5.63. The SMILES string of the molecule is CCC(NC(=S)Nc1ccc(C(C)=O)cc1)C12CC3CC(CC(C3)C1)C2. The number of carbonyl (C=O) groups excluding carboxylic acids is 1. The molecule has 1 atom stereocenters. The first-order valence-corrected chi connectivity index (χ1v) is 10.6. The summed E-state index contributed by atoms with van der Waals surface area (Å²) in [4.78, 5) is 11.4. The summed E-state index contributed by atoms with van der Waals surface area (Å²) in [6, 6.07) is 8.02. The largest absolute Gasteiger partial charge is 0.359 e. The molecular formula is C22H30N2OS. The van der Waals surface area contributed by atoms with Crippen molar-refractivity contribution in [2.24, 2.45) is 23.2 Å². The number of carbonyl (C=O) groups is 1. The molecule has 0 aromatic heterocycles. The van der Waals surface area contributed by atoms with Gasteiger partial charge in [0.2, 0.25) is 0 Å². The van der Waals surface area contributed by atoms with Gasteiger partial charge in [0.15, 0.2) is 10.9 Å². The van der Waals surface area contributed by atoms with Gasteiger partial charge < -0.3 is 10.6 Å². The van der Waals surface area contributed by atoms with Gasteiger partial charge in [-0.15, -0.1) is 0 Å². The number of ketones is 1. The quantitative estimate of drug-likeness (QED) is 0.554. The molecule has 4 aliphatic carbocycles. The summed E-state index contributed by atoms with van der Waals surface area (Å²) in [5.74, 6) is 2.96. The van der Waals surface area contributed by atoms with Gasteiger partial charge >= 0.3 is 0 Å². The van der Waals surface area contributed by atoms with E-state index in [-0.39, 0.29) is 5.78 Å². The molecule has 0 radical (unpaired) electrons. The highest BCUT2D eigenvalue weighted by Gasteiger charge is 2.53. The van der Waals surface area contributed by atoms with Crippen molar-refractivity contribution in [1.29, 1.82) is 0 Å². The summed E-state index contributed by atoms with van der Waals surface area (Å²) in [7, 11) is 0. The molecule has 4 heteroatoms. The maximum Gasteiger partial charge on any atom is 0.171 e. The van der Waals surface area contributed by atoms with Crippen LogP contribution < -0.4 is 10.6 Å². The van der Waals surface area contributed by atoms with Gasteiger partial charge in [-0.2, -0.15) is 0 Å². The van der Waals surface area contributed by atoms with Gasteiger partial charge in [-0.05, 0) is 112 Å². The lowest BCUT2D eigenvalue weighted by Gasteiger charge is -2.59. The van der Waals surface area contributed by atoms with E-state index in [1.165, 1.54) is 38.5 Å². The number of hydrogen-bond donors (Lipinski definition) is 2. The minimum absolute atomic E-state index is 0.0881. The Balaban J connectivity index is 1.42. The number of Topliss-reactive ketones (excluding diaryl/α,β-unsaturated/α-hetero) is 1. The van der Waals surface area contributed by atoms with Crippen molar-refractivity contribution in [2.75, 3.05) is 5.32 Å². The summed E-state index contributed by atoms with van der Waals surface area (Å²) in [5.41, 5.74) is 2.12. The third-order valence-corrected chi connectivity index (χ3v) is 7.31. The van der Waals surface area contributed by atoms with Gasteiger partial charge in [-0.1, -0.05) is 6.92 Å². The summed E-state index contributed by atoms with van der Waals surface area (Å²) in [5, 5.41) is 7.69. The number of anilines is 1. The topological polar surface area (TPSA) is 41.1 Å². The second-order valence-corrected chi connectivity index (χ2v) is 9.38. The Morgan fingerprint density at radius 1 is 1.12 bits per heavy atom. The maximum atomic E-state index is 11.4. The lowest BCUT2D eigenvalue weighted by molar-refractivity contribution is -0.0710. The zero-order valence-corrected chi connectivity index (χ0v) is 16.7. The molecule has 140 valence electrons. The number of hydrogen-bond acceptors (Lipinski definition) is 2. The lowest BCUT2D eigenvalue weighted by atomic mass is 9.47. The van der Waals surface area contributed by atoms with Gasteiger partial charge in [0, 0.05) is 17.3 Å². The van der Waals surface area contributed by atoms with Crippen LogP contribution in [0.15, 0.2) is 24.3 Å². The number of rotatable bonds is 5. The van der Waals surface area contributed by atoms with Crippen molar-refractivity contribution >= 4 is 28.8 Å². The average molecular weight is 371 g/mol. The molecule has 2 N–H and O–H groups in total.